The molecule has 1 aromatic carbocycles. The molecule has 1 unspecified atom stereocenters. The van der Waals surface area contributed by atoms with Crippen molar-refractivity contribution >= 4 is 33.8 Å². The molecule has 0 aromatic heterocycles. The second-order valence-electron chi connectivity index (χ2n) is 4.92. The molecule has 0 bridgehead atoms. The van der Waals surface area contributed by atoms with Gasteiger partial charge < -0.3 is 4.79 Å². The minimum Gasteiger partial charge on any atom is -0.302 e. The SMILES string of the molecule is CC(C=O)N1CCN(Cc2cc(Cl)ccc2Br)CC1. The van der Waals surface area contributed by atoms with E-state index in [1.807, 2.05) is 25.1 Å². The van der Waals surface area contributed by atoms with Gasteiger partial charge in [-0.2, -0.15) is 0 Å². The van der Waals surface area contributed by atoms with Gasteiger partial charge >= 0.3 is 0 Å². The summed E-state index contributed by atoms with van der Waals surface area (Å²) < 4.78 is 1.10. The molecule has 104 valence electrons. The van der Waals surface area contributed by atoms with Crippen LogP contribution in [-0.2, 0) is 11.3 Å². The summed E-state index contributed by atoms with van der Waals surface area (Å²) in [6.45, 7) is 6.70. The van der Waals surface area contributed by atoms with E-state index in [2.05, 4.69) is 25.7 Å². The molecule has 0 aliphatic carbocycles. The largest absolute Gasteiger partial charge is 0.302 e. The highest BCUT2D eigenvalue weighted by atomic mass is 79.9. The third-order valence-corrected chi connectivity index (χ3v) is 4.59. The van der Waals surface area contributed by atoms with Crippen LogP contribution in [0.2, 0.25) is 5.02 Å². The number of aldehydes is 1. The smallest absolute Gasteiger partial charge is 0.136 e. The molecule has 1 aliphatic rings. The fraction of sp³-hybridized carbons (Fsp3) is 0.500. The molecule has 1 aromatic rings. The van der Waals surface area contributed by atoms with Crippen molar-refractivity contribution in [3.05, 3.63) is 33.3 Å². The molecule has 0 amide bonds. The van der Waals surface area contributed by atoms with Crippen molar-refractivity contribution in [2.75, 3.05) is 26.2 Å². The van der Waals surface area contributed by atoms with Crippen LogP contribution in [0.1, 0.15) is 12.5 Å². The van der Waals surface area contributed by atoms with Crippen molar-refractivity contribution in [1.82, 2.24) is 9.80 Å². The topological polar surface area (TPSA) is 23.6 Å². The molecule has 1 heterocycles. The van der Waals surface area contributed by atoms with Gasteiger partial charge in [0.2, 0.25) is 0 Å². The fourth-order valence-corrected chi connectivity index (χ4v) is 2.89. The summed E-state index contributed by atoms with van der Waals surface area (Å²) in [7, 11) is 0. The van der Waals surface area contributed by atoms with Crippen LogP contribution in [0.5, 0.6) is 0 Å². The van der Waals surface area contributed by atoms with Crippen molar-refractivity contribution in [1.29, 1.82) is 0 Å². The van der Waals surface area contributed by atoms with Crippen LogP contribution in [0, 0.1) is 0 Å². The zero-order valence-electron chi connectivity index (χ0n) is 11.0. The fourth-order valence-electron chi connectivity index (χ4n) is 2.32. The average molecular weight is 346 g/mol. The number of hydrogen-bond donors (Lipinski definition) is 0. The van der Waals surface area contributed by atoms with Gasteiger partial charge in [0.1, 0.15) is 6.29 Å². The van der Waals surface area contributed by atoms with Gasteiger partial charge in [-0.1, -0.05) is 27.5 Å². The Bertz CT molecular complexity index is 447. The van der Waals surface area contributed by atoms with Crippen LogP contribution < -0.4 is 0 Å². The maximum absolute atomic E-state index is 10.8. The van der Waals surface area contributed by atoms with Crippen molar-refractivity contribution in [3.8, 4) is 0 Å². The lowest BCUT2D eigenvalue weighted by Crippen LogP contribution is -2.49. The highest BCUT2D eigenvalue weighted by Crippen LogP contribution is 2.23. The van der Waals surface area contributed by atoms with E-state index in [-0.39, 0.29) is 6.04 Å². The minimum atomic E-state index is 0.0278. The van der Waals surface area contributed by atoms with Crippen molar-refractivity contribution < 1.29 is 4.79 Å². The molecule has 0 radical (unpaired) electrons. The lowest BCUT2D eigenvalue weighted by molar-refractivity contribution is -0.112. The maximum Gasteiger partial charge on any atom is 0.136 e. The third-order valence-electron chi connectivity index (χ3n) is 3.58. The highest BCUT2D eigenvalue weighted by Gasteiger charge is 2.21. The Labute approximate surface area is 127 Å². The lowest BCUT2D eigenvalue weighted by Gasteiger charge is -2.36. The molecular weight excluding hydrogens is 328 g/mol. The molecule has 0 N–H and O–H groups in total. The number of piperazine rings is 1. The average Bonchev–Trinajstić information content (AvgIpc) is 2.43. The van der Waals surface area contributed by atoms with Gasteiger partial charge in [-0.05, 0) is 30.7 Å². The number of benzene rings is 1. The van der Waals surface area contributed by atoms with Gasteiger partial charge in [-0.3, -0.25) is 9.80 Å². The summed E-state index contributed by atoms with van der Waals surface area (Å²) in [6.07, 6.45) is 1.02. The lowest BCUT2D eigenvalue weighted by atomic mass is 10.2. The van der Waals surface area contributed by atoms with Crippen LogP contribution in [-0.4, -0.2) is 48.3 Å². The second kappa shape index (κ2) is 6.84. The van der Waals surface area contributed by atoms with Gasteiger partial charge in [-0.15, -0.1) is 0 Å². The monoisotopic (exact) mass is 344 g/mol. The Morgan fingerprint density at radius 2 is 2.05 bits per heavy atom. The van der Waals surface area contributed by atoms with Gasteiger partial charge in [-0.25, -0.2) is 0 Å². The zero-order valence-corrected chi connectivity index (χ0v) is 13.3. The standard InChI is InChI=1S/C14H18BrClN2O/c1-11(10-19)18-6-4-17(5-7-18)9-12-8-13(16)2-3-14(12)15/h2-3,8,10-11H,4-7,9H2,1H3. The van der Waals surface area contributed by atoms with Crippen molar-refractivity contribution in [3.63, 3.8) is 0 Å². The van der Waals surface area contributed by atoms with Gasteiger partial charge in [0.25, 0.3) is 0 Å². The summed E-state index contributed by atoms with van der Waals surface area (Å²) in [6, 6.07) is 5.91. The van der Waals surface area contributed by atoms with E-state index in [0.717, 1.165) is 48.5 Å². The molecular formula is C14H18BrClN2O. The summed E-state index contributed by atoms with van der Waals surface area (Å²) in [4.78, 5) is 15.4. The van der Waals surface area contributed by atoms with Crippen LogP contribution in [0.15, 0.2) is 22.7 Å². The van der Waals surface area contributed by atoms with Gasteiger partial charge in [0.05, 0.1) is 6.04 Å². The molecule has 19 heavy (non-hydrogen) atoms. The van der Waals surface area contributed by atoms with Crippen LogP contribution in [0.3, 0.4) is 0 Å². The Balaban J connectivity index is 1.92. The molecule has 1 aliphatic heterocycles. The first kappa shape index (κ1) is 15.0. The molecule has 1 fully saturated rings. The van der Waals surface area contributed by atoms with Gasteiger partial charge in [0.15, 0.2) is 0 Å². The Morgan fingerprint density at radius 1 is 1.37 bits per heavy atom. The minimum absolute atomic E-state index is 0.0278. The number of carbonyl (C=O) groups is 1. The molecule has 0 spiro atoms. The molecule has 1 saturated heterocycles. The molecule has 0 saturated carbocycles. The second-order valence-corrected chi connectivity index (χ2v) is 6.22. The first-order chi connectivity index (χ1) is 9.10. The number of hydrogen-bond acceptors (Lipinski definition) is 3. The third kappa shape index (κ3) is 4.02. The van der Waals surface area contributed by atoms with E-state index in [9.17, 15) is 4.79 Å². The van der Waals surface area contributed by atoms with Crippen LogP contribution >= 0.6 is 27.5 Å². The Morgan fingerprint density at radius 3 is 2.68 bits per heavy atom. The molecule has 5 heteroatoms. The van der Waals surface area contributed by atoms with Crippen LogP contribution in [0.25, 0.3) is 0 Å². The van der Waals surface area contributed by atoms with Crippen molar-refractivity contribution in [2.45, 2.75) is 19.5 Å². The van der Waals surface area contributed by atoms with E-state index in [4.69, 9.17) is 11.6 Å². The number of nitrogens with zero attached hydrogens (tertiary/aromatic N) is 2. The molecule has 3 nitrogen and oxygen atoms in total. The summed E-state index contributed by atoms with van der Waals surface area (Å²) in [5, 5.41) is 0.770. The predicted octanol–water partition coefficient (Wildman–Crippen LogP) is 2.81. The highest BCUT2D eigenvalue weighted by molar-refractivity contribution is 9.10. The van der Waals surface area contributed by atoms with E-state index >= 15 is 0 Å². The quantitative estimate of drug-likeness (QED) is 0.784. The predicted molar refractivity (Wildman–Crippen MR) is 81.5 cm³/mol. The number of rotatable bonds is 4. The molecule has 1 atom stereocenters. The summed E-state index contributed by atoms with van der Waals surface area (Å²) in [5.41, 5.74) is 1.21. The van der Waals surface area contributed by atoms with Gasteiger partial charge in [0, 0.05) is 42.2 Å². The zero-order chi connectivity index (χ0) is 13.8. The summed E-state index contributed by atoms with van der Waals surface area (Å²) in [5.74, 6) is 0. The first-order valence-corrected chi connectivity index (χ1v) is 7.63. The van der Waals surface area contributed by atoms with E-state index < -0.39 is 0 Å². The van der Waals surface area contributed by atoms with Crippen molar-refractivity contribution in [2.24, 2.45) is 0 Å². The Kier molecular flexibility index (Phi) is 5.39. The first-order valence-electron chi connectivity index (χ1n) is 6.46. The van der Waals surface area contributed by atoms with E-state index in [1.165, 1.54) is 5.56 Å². The van der Waals surface area contributed by atoms with Crippen LogP contribution in [0.4, 0.5) is 0 Å². The maximum atomic E-state index is 10.8. The number of carbonyl (C=O) groups excluding carboxylic acids is 1. The number of halogens is 2. The molecule has 2 rings (SSSR count). The van der Waals surface area contributed by atoms with E-state index in [0.29, 0.717) is 0 Å². The Hall–Kier alpha value is -0.420. The summed E-state index contributed by atoms with van der Waals surface area (Å²) >= 11 is 9.59. The normalized spacial score (nSPS) is 19.3. The van der Waals surface area contributed by atoms with E-state index in [1.54, 1.807) is 0 Å².